The lowest BCUT2D eigenvalue weighted by molar-refractivity contribution is -0.138. The highest BCUT2D eigenvalue weighted by Gasteiger charge is 2.32. The van der Waals surface area contributed by atoms with Gasteiger partial charge in [-0.2, -0.15) is 0 Å². The number of carbonyl (C=O) groups is 2. The Balaban J connectivity index is 1.97. The van der Waals surface area contributed by atoms with Gasteiger partial charge in [0.25, 0.3) is 10.0 Å². The van der Waals surface area contributed by atoms with Gasteiger partial charge in [0.15, 0.2) is 0 Å². The van der Waals surface area contributed by atoms with E-state index in [0.29, 0.717) is 18.0 Å². The van der Waals surface area contributed by atoms with Gasteiger partial charge in [0.1, 0.15) is 12.6 Å². The van der Waals surface area contributed by atoms with E-state index in [9.17, 15) is 18.0 Å². The number of nitrogens with one attached hydrogen (secondary N) is 1. The van der Waals surface area contributed by atoms with E-state index in [1.54, 1.807) is 44.2 Å². The Bertz CT molecular complexity index is 1310. The number of likely N-dealkylation sites (N-methyl/N-ethyl adjacent to an activating group) is 1. The van der Waals surface area contributed by atoms with Gasteiger partial charge in [0.2, 0.25) is 11.8 Å². The van der Waals surface area contributed by atoms with E-state index in [2.05, 4.69) is 5.32 Å². The predicted octanol–water partition coefficient (Wildman–Crippen LogP) is 4.44. The number of sulfonamides is 1. The predicted molar refractivity (Wildman–Crippen MR) is 147 cm³/mol. The molecule has 0 bridgehead atoms. The highest BCUT2D eigenvalue weighted by atomic mass is 35.5. The summed E-state index contributed by atoms with van der Waals surface area (Å²) >= 11 is 6.18. The first-order valence-electron chi connectivity index (χ1n) is 12.1. The summed E-state index contributed by atoms with van der Waals surface area (Å²) in [4.78, 5) is 27.9. The average Bonchev–Trinajstić information content (AvgIpc) is 2.88. The summed E-state index contributed by atoms with van der Waals surface area (Å²) in [5.41, 5.74) is 2.17. The fraction of sp³-hybridized carbons (Fsp3) is 0.286. The lowest BCUT2D eigenvalue weighted by Crippen LogP contribution is -2.52. The normalized spacial score (nSPS) is 12.0. The Morgan fingerprint density at radius 3 is 2.27 bits per heavy atom. The van der Waals surface area contributed by atoms with Crippen LogP contribution in [0, 0.1) is 6.92 Å². The van der Waals surface area contributed by atoms with Crippen LogP contribution in [0.2, 0.25) is 5.02 Å². The average molecular weight is 542 g/mol. The van der Waals surface area contributed by atoms with Gasteiger partial charge in [-0.25, -0.2) is 8.42 Å². The first kappa shape index (κ1) is 28.2. The van der Waals surface area contributed by atoms with Crippen molar-refractivity contribution in [2.24, 2.45) is 0 Å². The van der Waals surface area contributed by atoms with Crippen molar-refractivity contribution in [3.8, 4) is 0 Å². The van der Waals surface area contributed by atoms with Crippen LogP contribution in [0.1, 0.15) is 25.0 Å². The number of benzene rings is 3. The summed E-state index contributed by atoms with van der Waals surface area (Å²) in [6.45, 7) is 5.48. The number of amides is 2. The summed E-state index contributed by atoms with van der Waals surface area (Å²) in [5, 5.41) is 3.09. The molecule has 0 spiro atoms. The molecular formula is C28H32ClN3O4S. The maximum absolute atomic E-state index is 13.7. The smallest absolute Gasteiger partial charge is 0.264 e. The molecule has 0 heterocycles. The molecule has 0 aromatic heterocycles. The number of nitrogens with zero attached hydrogens (tertiary/aromatic N) is 2. The Morgan fingerprint density at radius 1 is 0.973 bits per heavy atom. The molecule has 0 radical (unpaired) electrons. The van der Waals surface area contributed by atoms with E-state index in [0.717, 1.165) is 15.4 Å². The maximum atomic E-state index is 13.7. The minimum atomic E-state index is -4.11. The molecule has 0 saturated heterocycles. The molecule has 0 fully saturated rings. The second-order valence-electron chi connectivity index (χ2n) is 8.70. The third-order valence-corrected chi connectivity index (χ3v) is 8.01. The van der Waals surface area contributed by atoms with Crippen molar-refractivity contribution in [1.29, 1.82) is 0 Å². The topological polar surface area (TPSA) is 86.8 Å². The summed E-state index contributed by atoms with van der Waals surface area (Å²) in [6.07, 6.45) is 0.512. The van der Waals surface area contributed by atoms with E-state index < -0.39 is 28.5 Å². The van der Waals surface area contributed by atoms with Gasteiger partial charge < -0.3 is 10.2 Å². The van der Waals surface area contributed by atoms with Gasteiger partial charge in [-0.05, 0) is 63.1 Å². The molecule has 2 amide bonds. The Morgan fingerprint density at radius 2 is 1.65 bits per heavy atom. The lowest BCUT2D eigenvalue weighted by Gasteiger charge is -2.32. The van der Waals surface area contributed by atoms with Gasteiger partial charge in [-0.3, -0.25) is 13.9 Å². The van der Waals surface area contributed by atoms with Crippen molar-refractivity contribution >= 4 is 39.1 Å². The minimum absolute atomic E-state index is 0.0542. The van der Waals surface area contributed by atoms with Crippen LogP contribution in [0.5, 0.6) is 0 Å². The van der Waals surface area contributed by atoms with E-state index in [4.69, 9.17) is 11.6 Å². The summed E-state index contributed by atoms with van der Waals surface area (Å²) in [6, 6.07) is 21.6. The van der Waals surface area contributed by atoms with Crippen LogP contribution in [-0.4, -0.2) is 50.8 Å². The zero-order valence-electron chi connectivity index (χ0n) is 21.2. The molecule has 1 atom stereocenters. The highest BCUT2D eigenvalue weighted by molar-refractivity contribution is 7.92. The van der Waals surface area contributed by atoms with Crippen LogP contribution in [0.3, 0.4) is 0 Å². The number of carbonyl (C=O) groups excluding carboxylic acids is 2. The van der Waals surface area contributed by atoms with E-state index >= 15 is 0 Å². The number of rotatable bonds is 11. The summed E-state index contributed by atoms with van der Waals surface area (Å²) < 4.78 is 28.5. The molecule has 3 aromatic carbocycles. The Labute approximate surface area is 224 Å². The maximum Gasteiger partial charge on any atom is 0.264 e. The molecule has 3 aromatic rings. The standard InChI is InChI=1S/C28H32ClN3O4S/c1-4-30-28(34)22(3)31(18-17-23-9-6-5-7-10-23)27(33)20-32(25-12-8-11-24(29)19-25)37(35,36)26-15-13-21(2)14-16-26/h5-16,19,22H,4,17-18,20H2,1-3H3,(H,30,34)/t22-/m1/s1. The number of halogens is 1. The first-order chi connectivity index (χ1) is 17.6. The third-order valence-electron chi connectivity index (χ3n) is 5.99. The molecule has 0 saturated carbocycles. The zero-order chi connectivity index (χ0) is 27.0. The van der Waals surface area contributed by atoms with E-state index in [1.165, 1.54) is 23.1 Å². The van der Waals surface area contributed by atoms with Gasteiger partial charge >= 0.3 is 0 Å². The van der Waals surface area contributed by atoms with Crippen molar-refractivity contribution < 1.29 is 18.0 Å². The fourth-order valence-electron chi connectivity index (χ4n) is 3.89. The molecule has 1 N–H and O–H groups in total. The van der Waals surface area contributed by atoms with E-state index in [-0.39, 0.29) is 23.0 Å². The molecule has 37 heavy (non-hydrogen) atoms. The van der Waals surface area contributed by atoms with Crippen LogP contribution in [0.4, 0.5) is 5.69 Å². The largest absolute Gasteiger partial charge is 0.355 e. The van der Waals surface area contributed by atoms with Crippen LogP contribution >= 0.6 is 11.6 Å². The molecule has 9 heteroatoms. The fourth-order valence-corrected chi connectivity index (χ4v) is 5.48. The Kier molecular flexibility index (Phi) is 9.72. The minimum Gasteiger partial charge on any atom is -0.355 e. The number of anilines is 1. The number of hydrogen-bond acceptors (Lipinski definition) is 4. The van der Waals surface area contributed by atoms with Crippen molar-refractivity contribution in [2.75, 3.05) is 23.9 Å². The molecule has 0 unspecified atom stereocenters. The van der Waals surface area contributed by atoms with Crippen LogP contribution < -0.4 is 9.62 Å². The molecule has 0 aliphatic rings. The molecular weight excluding hydrogens is 510 g/mol. The zero-order valence-corrected chi connectivity index (χ0v) is 22.8. The third kappa shape index (κ3) is 7.33. The number of aryl methyl sites for hydroxylation is 1. The Hall–Kier alpha value is -3.36. The number of hydrogen-bond donors (Lipinski definition) is 1. The second kappa shape index (κ2) is 12.7. The molecule has 7 nitrogen and oxygen atoms in total. The highest BCUT2D eigenvalue weighted by Crippen LogP contribution is 2.27. The molecule has 3 rings (SSSR count). The van der Waals surface area contributed by atoms with Crippen molar-refractivity contribution in [2.45, 2.75) is 38.1 Å². The van der Waals surface area contributed by atoms with E-state index in [1.807, 2.05) is 37.3 Å². The van der Waals surface area contributed by atoms with Crippen LogP contribution in [-0.2, 0) is 26.0 Å². The monoisotopic (exact) mass is 541 g/mol. The first-order valence-corrected chi connectivity index (χ1v) is 13.9. The quantitative estimate of drug-likeness (QED) is 0.389. The van der Waals surface area contributed by atoms with Crippen molar-refractivity contribution in [3.05, 3.63) is 95.0 Å². The van der Waals surface area contributed by atoms with Crippen LogP contribution in [0.15, 0.2) is 83.8 Å². The SMILES string of the molecule is CCNC(=O)[C@@H](C)N(CCc1ccccc1)C(=O)CN(c1cccc(Cl)c1)S(=O)(=O)c1ccc(C)cc1. The van der Waals surface area contributed by atoms with Gasteiger partial charge in [0, 0.05) is 18.1 Å². The van der Waals surface area contributed by atoms with Gasteiger partial charge in [-0.15, -0.1) is 0 Å². The van der Waals surface area contributed by atoms with Gasteiger partial charge in [-0.1, -0.05) is 65.7 Å². The summed E-state index contributed by atoms with van der Waals surface area (Å²) in [5.74, 6) is -0.801. The molecule has 0 aliphatic carbocycles. The molecule has 0 aliphatic heterocycles. The van der Waals surface area contributed by atoms with Crippen LogP contribution in [0.25, 0.3) is 0 Å². The van der Waals surface area contributed by atoms with Crippen molar-refractivity contribution in [1.82, 2.24) is 10.2 Å². The summed E-state index contributed by atoms with van der Waals surface area (Å²) in [7, 11) is -4.11. The lowest BCUT2D eigenvalue weighted by atomic mass is 10.1. The van der Waals surface area contributed by atoms with Gasteiger partial charge in [0.05, 0.1) is 10.6 Å². The van der Waals surface area contributed by atoms with Crippen molar-refractivity contribution in [3.63, 3.8) is 0 Å². The molecule has 196 valence electrons. The second-order valence-corrected chi connectivity index (χ2v) is 11.0.